The Bertz CT molecular complexity index is 1200. The Morgan fingerprint density at radius 2 is 1.93 bits per heavy atom. The first kappa shape index (κ1) is 16.1. The van der Waals surface area contributed by atoms with Gasteiger partial charge >= 0.3 is 0 Å². The van der Waals surface area contributed by atoms with Crippen molar-refractivity contribution in [3.8, 4) is 11.4 Å². The van der Waals surface area contributed by atoms with Crippen molar-refractivity contribution in [2.45, 2.75) is 13.0 Å². The second-order valence-electron chi connectivity index (χ2n) is 6.57. The Balaban J connectivity index is 1.51. The van der Waals surface area contributed by atoms with Crippen molar-refractivity contribution < 1.29 is 0 Å². The third-order valence-corrected chi connectivity index (χ3v) is 5.20. The van der Waals surface area contributed by atoms with Crippen LogP contribution in [0, 0.1) is 0 Å². The predicted molar refractivity (Wildman–Crippen MR) is 105 cm³/mol. The molecule has 0 unspecified atom stereocenters. The number of fused-ring (bicyclic) bond motifs is 2. The molecule has 1 aliphatic rings. The van der Waals surface area contributed by atoms with Crippen LogP contribution in [0.15, 0.2) is 59.4 Å². The molecule has 134 valence electrons. The van der Waals surface area contributed by atoms with Gasteiger partial charge in [-0.05, 0) is 24.1 Å². The molecule has 1 aliphatic heterocycles. The summed E-state index contributed by atoms with van der Waals surface area (Å²) in [6, 6.07) is 17.2. The van der Waals surface area contributed by atoms with Gasteiger partial charge in [0.2, 0.25) is 0 Å². The van der Waals surface area contributed by atoms with Gasteiger partial charge in [0.1, 0.15) is 0 Å². The molecule has 5 rings (SSSR count). The van der Waals surface area contributed by atoms with Gasteiger partial charge in [-0.3, -0.25) is 9.89 Å². The summed E-state index contributed by atoms with van der Waals surface area (Å²) in [5.74, 6) is 0.998. The summed E-state index contributed by atoms with van der Waals surface area (Å²) in [6.07, 6.45) is 0.900. The smallest absolute Gasteiger partial charge is 0.274 e. The topological polar surface area (TPSA) is 66.3 Å². The van der Waals surface area contributed by atoms with E-state index in [1.54, 1.807) is 6.07 Å². The van der Waals surface area contributed by atoms with Gasteiger partial charge in [0.15, 0.2) is 5.82 Å². The lowest BCUT2D eigenvalue weighted by atomic mass is 10.2. The highest BCUT2D eigenvalue weighted by Crippen LogP contribution is 2.33. The van der Waals surface area contributed by atoms with Gasteiger partial charge in [-0.1, -0.05) is 48.0 Å². The molecule has 0 aliphatic carbocycles. The van der Waals surface area contributed by atoms with E-state index in [0.29, 0.717) is 23.8 Å². The SMILES string of the molecule is O=c1cc(CN2CCc3c(Cl)cccc32)nc2nc(-c3ccccc3)[nH]n12. The van der Waals surface area contributed by atoms with E-state index < -0.39 is 0 Å². The number of hydrogen-bond acceptors (Lipinski definition) is 4. The molecule has 0 fully saturated rings. The molecular formula is C20H16ClN5O. The summed E-state index contributed by atoms with van der Waals surface area (Å²) in [5.41, 5.74) is 3.70. The molecule has 2 aromatic heterocycles. The number of benzene rings is 2. The van der Waals surface area contributed by atoms with Crippen LogP contribution in [0.1, 0.15) is 11.3 Å². The number of aromatic nitrogens is 4. The van der Waals surface area contributed by atoms with E-state index in [2.05, 4.69) is 26.0 Å². The number of halogens is 1. The molecule has 2 aromatic carbocycles. The monoisotopic (exact) mass is 377 g/mol. The van der Waals surface area contributed by atoms with E-state index in [1.165, 1.54) is 4.52 Å². The average Bonchev–Trinajstić information content (AvgIpc) is 3.28. The van der Waals surface area contributed by atoms with Crippen molar-refractivity contribution >= 4 is 23.1 Å². The maximum atomic E-state index is 12.5. The van der Waals surface area contributed by atoms with Crippen molar-refractivity contribution in [3.63, 3.8) is 0 Å². The Labute approximate surface area is 160 Å². The van der Waals surface area contributed by atoms with Crippen molar-refractivity contribution in [2.24, 2.45) is 0 Å². The molecule has 7 heteroatoms. The number of H-pyrrole nitrogens is 1. The summed E-state index contributed by atoms with van der Waals surface area (Å²) in [4.78, 5) is 23.8. The molecule has 3 heterocycles. The van der Waals surface area contributed by atoms with E-state index in [9.17, 15) is 4.79 Å². The fraction of sp³-hybridized carbons (Fsp3) is 0.150. The average molecular weight is 378 g/mol. The van der Waals surface area contributed by atoms with Gasteiger partial charge < -0.3 is 4.90 Å². The van der Waals surface area contributed by atoms with Crippen LogP contribution in [0.3, 0.4) is 0 Å². The minimum Gasteiger partial charge on any atom is -0.365 e. The zero-order valence-electron chi connectivity index (χ0n) is 14.4. The van der Waals surface area contributed by atoms with Crippen LogP contribution in [-0.2, 0) is 13.0 Å². The lowest BCUT2D eigenvalue weighted by Crippen LogP contribution is -2.23. The molecule has 0 radical (unpaired) electrons. The molecule has 0 saturated carbocycles. The highest BCUT2D eigenvalue weighted by Gasteiger charge is 2.22. The second-order valence-corrected chi connectivity index (χ2v) is 6.98. The van der Waals surface area contributed by atoms with E-state index in [-0.39, 0.29) is 5.56 Å². The fourth-order valence-electron chi connectivity index (χ4n) is 3.55. The minimum absolute atomic E-state index is 0.171. The zero-order chi connectivity index (χ0) is 18.4. The lowest BCUT2D eigenvalue weighted by molar-refractivity contribution is 0.798. The van der Waals surface area contributed by atoms with Gasteiger partial charge in [-0.25, -0.2) is 4.98 Å². The van der Waals surface area contributed by atoms with Gasteiger partial charge in [-0.15, -0.1) is 0 Å². The predicted octanol–water partition coefficient (Wildman–Crippen LogP) is 3.30. The highest BCUT2D eigenvalue weighted by atomic mass is 35.5. The maximum Gasteiger partial charge on any atom is 0.274 e. The first-order chi connectivity index (χ1) is 13.2. The number of nitrogens with zero attached hydrogens (tertiary/aromatic N) is 4. The summed E-state index contributed by atoms with van der Waals surface area (Å²) < 4.78 is 1.38. The van der Waals surface area contributed by atoms with Crippen LogP contribution in [0.2, 0.25) is 5.02 Å². The standard InChI is InChI=1S/C20H16ClN5O/c21-16-7-4-8-17-15(16)9-10-25(17)12-14-11-18(27)26-20(22-14)23-19(24-26)13-5-2-1-3-6-13/h1-8,11H,9-10,12H2,(H,22,23,24). The first-order valence-electron chi connectivity index (χ1n) is 8.75. The van der Waals surface area contributed by atoms with E-state index in [0.717, 1.165) is 34.8 Å². The van der Waals surface area contributed by atoms with Gasteiger partial charge in [0.25, 0.3) is 11.3 Å². The Morgan fingerprint density at radius 3 is 2.78 bits per heavy atom. The minimum atomic E-state index is -0.171. The van der Waals surface area contributed by atoms with Crippen molar-refractivity contribution in [2.75, 3.05) is 11.4 Å². The molecule has 1 N–H and O–H groups in total. The third-order valence-electron chi connectivity index (χ3n) is 4.85. The van der Waals surface area contributed by atoms with Crippen molar-refractivity contribution in [3.05, 3.63) is 81.2 Å². The molecule has 4 aromatic rings. The van der Waals surface area contributed by atoms with Gasteiger partial charge in [-0.2, -0.15) is 9.50 Å². The molecule has 0 atom stereocenters. The Morgan fingerprint density at radius 1 is 1.07 bits per heavy atom. The van der Waals surface area contributed by atoms with Crippen LogP contribution in [0.25, 0.3) is 17.2 Å². The number of aromatic amines is 1. The largest absolute Gasteiger partial charge is 0.365 e. The second kappa shape index (κ2) is 6.25. The Hall–Kier alpha value is -3.12. The maximum absolute atomic E-state index is 12.5. The van der Waals surface area contributed by atoms with Crippen LogP contribution < -0.4 is 10.5 Å². The molecule has 27 heavy (non-hydrogen) atoms. The first-order valence-corrected chi connectivity index (χ1v) is 9.13. The summed E-state index contributed by atoms with van der Waals surface area (Å²) >= 11 is 6.29. The van der Waals surface area contributed by atoms with Crippen LogP contribution in [0.4, 0.5) is 5.69 Å². The van der Waals surface area contributed by atoms with E-state index >= 15 is 0 Å². The highest BCUT2D eigenvalue weighted by molar-refractivity contribution is 6.31. The van der Waals surface area contributed by atoms with Gasteiger partial charge in [0.05, 0.1) is 12.2 Å². The van der Waals surface area contributed by atoms with Crippen LogP contribution in [-0.4, -0.2) is 26.1 Å². The summed E-state index contributed by atoms with van der Waals surface area (Å²) in [6.45, 7) is 1.41. The molecular weight excluding hydrogens is 362 g/mol. The summed E-state index contributed by atoms with van der Waals surface area (Å²) in [5, 5.41) is 3.81. The number of hydrogen-bond donors (Lipinski definition) is 1. The zero-order valence-corrected chi connectivity index (χ0v) is 15.1. The number of nitrogens with one attached hydrogen (secondary N) is 1. The van der Waals surface area contributed by atoms with Gasteiger partial charge in [0, 0.05) is 28.9 Å². The number of anilines is 1. The molecule has 0 bridgehead atoms. The molecule has 6 nitrogen and oxygen atoms in total. The third kappa shape index (κ3) is 2.78. The summed E-state index contributed by atoms with van der Waals surface area (Å²) in [7, 11) is 0. The normalized spacial score (nSPS) is 13.3. The van der Waals surface area contributed by atoms with Crippen LogP contribution in [0.5, 0.6) is 0 Å². The lowest BCUT2D eigenvalue weighted by Gasteiger charge is -2.18. The fourth-order valence-corrected chi connectivity index (χ4v) is 3.82. The molecule has 0 spiro atoms. The Kier molecular flexibility index (Phi) is 3.72. The van der Waals surface area contributed by atoms with Crippen molar-refractivity contribution in [1.29, 1.82) is 0 Å². The quantitative estimate of drug-likeness (QED) is 0.595. The molecule has 0 saturated heterocycles. The number of rotatable bonds is 3. The van der Waals surface area contributed by atoms with E-state index in [1.807, 2.05) is 42.5 Å². The molecule has 0 amide bonds. The van der Waals surface area contributed by atoms with E-state index in [4.69, 9.17) is 11.6 Å². The van der Waals surface area contributed by atoms with Crippen molar-refractivity contribution in [1.82, 2.24) is 19.6 Å². The van der Waals surface area contributed by atoms with Crippen LogP contribution >= 0.6 is 11.6 Å².